The Kier molecular flexibility index (Phi) is 5.66. The van der Waals surface area contributed by atoms with Crippen molar-refractivity contribution in [3.8, 4) is 0 Å². The zero-order valence-corrected chi connectivity index (χ0v) is 9.23. The molecule has 0 rings (SSSR count). The monoisotopic (exact) mass is 225 g/mol. The van der Waals surface area contributed by atoms with E-state index in [9.17, 15) is 13.2 Å². The Morgan fingerprint density at radius 2 is 2.00 bits per heavy atom. The highest BCUT2D eigenvalue weighted by Crippen LogP contribution is 2.10. The molecule has 84 valence electrons. The van der Waals surface area contributed by atoms with E-state index in [0.29, 0.717) is 6.42 Å². The van der Waals surface area contributed by atoms with Crippen LogP contribution in [-0.2, 0) is 20.1 Å². The van der Waals surface area contributed by atoms with Crippen LogP contribution in [0.5, 0.6) is 0 Å². The molecule has 0 aromatic rings. The van der Waals surface area contributed by atoms with Gasteiger partial charge in [-0.15, -0.1) is 0 Å². The minimum Gasteiger partial charge on any atom is -0.480 e. The third-order valence-corrected chi connectivity index (χ3v) is 2.01. The summed E-state index contributed by atoms with van der Waals surface area (Å²) in [5.41, 5.74) is 0. The molecule has 0 aromatic carbocycles. The Hall–Kier alpha value is -0.660. The largest absolute Gasteiger partial charge is 0.480 e. The number of hydrogen-bond acceptors (Lipinski definition) is 5. The molecular weight excluding hydrogens is 210 g/mol. The van der Waals surface area contributed by atoms with E-state index in [1.807, 2.05) is 13.8 Å². The first-order valence-electron chi connectivity index (χ1n) is 4.12. The van der Waals surface area contributed by atoms with Gasteiger partial charge in [0.1, 0.15) is 6.04 Å². The summed E-state index contributed by atoms with van der Waals surface area (Å²) < 4.78 is 24.7. The second kappa shape index (κ2) is 5.94. The van der Waals surface area contributed by atoms with Crippen molar-refractivity contribution in [1.29, 1.82) is 0 Å². The number of carbonyl (C=O) groups is 1. The van der Waals surface area contributed by atoms with Crippen molar-refractivity contribution < 1.29 is 22.6 Å². The molecule has 0 saturated carbocycles. The summed E-state index contributed by atoms with van der Waals surface area (Å²) in [7, 11) is -1.78. The average Bonchev–Trinajstić information content (AvgIpc) is 1.97. The molecule has 6 nitrogen and oxygen atoms in total. The van der Waals surface area contributed by atoms with Gasteiger partial charge in [0.25, 0.3) is 11.0 Å². The van der Waals surface area contributed by atoms with Gasteiger partial charge in [-0.25, -0.2) is 8.42 Å². The molecule has 0 aliphatic rings. The number of nitrogens with zero attached hydrogens (tertiary/aromatic N) is 1. The highest BCUT2D eigenvalue weighted by atomic mass is 32.2. The number of likely N-dealkylation sites (N-methyl/N-ethyl adjacent to an activating group) is 1. The molecule has 0 bridgehead atoms. The lowest BCUT2D eigenvalue weighted by Crippen LogP contribution is -2.39. The van der Waals surface area contributed by atoms with Crippen molar-refractivity contribution in [2.24, 2.45) is 5.92 Å². The van der Waals surface area contributed by atoms with Gasteiger partial charge in [-0.05, 0) is 12.3 Å². The first kappa shape index (κ1) is 13.3. The highest BCUT2D eigenvalue weighted by molar-refractivity contribution is 7.67. The fourth-order valence-electron chi connectivity index (χ4n) is 1.01. The first-order chi connectivity index (χ1) is 6.34. The average molecular weight is 225 g/mol. The van der Waals surface area contributed by atoms with Gasteiger partial charge < -0.3 is 5.11 Å². The summed E-state index contributed by atoms with van der Waals surface area (Å²) in [6.07, 6.45) is 0.328. The predicted octanol–water partition coefficient (Wildman–Crippen LogP) is -0.124. The molecule has 0 aliphatic carbocycles. The number of rotatable bonds is 6. The summed E-state index contributed by atoms with van der Waals surface area (Å²) in [6, 6.07) is -0.942. The maximum atomic E-state index is 10.7. The second-order valence-corrected chi connectivity index (χ2v) is 3.95. The molecule has 0 heterocycles. The van der Waals surface area contributed by atoms with Gasteiger partial charge in [-0.3, -0.25) is 4.79 Å². The Morgan fingerprint density at radius 3 is 2.29 bits per heavy atom. The van der Waals surface area contributed by atoms with Gasteiger partial charge in [0.15, 0.2) is 0 Å². The standard InChI is InChI=1S/C7H15NO5S/c1-5(2)4-6(7(9)10)8(3)13-14(11)12/h5-6,14H,4H2,1-3H3,(H,9,10)/t6-/m0/s1. The van der Waals surface area contributed by atoms with Crippen molar-refractivity contribution in [2.45, 2.75) is 26.3 Å². The van der Waals surface area contributed by atoms with E-state index in [4.69, 9.17) is 5.11 Å². The van der Waals surface area contributed by atoms with Crippen LogP contribution in [0.15, 0.2) is 0 Å². The highest BCUT2D eigenvalue weighted by Gasteiger charge is 2.25. The maximum Gasteiger partial charge on any atom is 0.323 e. The Balaban J connectivity index is 4.40. The van der Waals surface area contributed by atoms with Gasteiger partial charge in [0, 0.05) is 7.05 Å². The van der Waals surface area contributed by atoms with Crippen LogP contribution >= 0.6 is 0 Å². The molecular formula is C7H15NO5S. The quantitative estimate of drug-likeness (QED) is 0.484. The SMILES string of the molecule is CC(C)C[C@@H](C(=O)O)N(C)O[SH](=O)=O. The molecule has 0 radical (unpaired) electrons. The van der Waals surface area contributed by atoms with E-state index in [0.717, 1.165) is 5.06 Å². The van der Waals surface area contributed by atoms with Crippen LogP contribution in [-0.4, -0.2) is 37.6 Å². The summed E-state index contributed by atoms with van der Waals surface area (Å²) >= 11 is 0. The maximum absolute atomic E-state index is 10.7. The number of carboxylic acids is 1. The number of hydrogen-bond donors (Lipinski definition) is 2. The third-order valence-electron chi connectivity index (χ3n) is 1.61. The minimum atomic E-state index is -3.06. The van der Waals surface area contributed by atoms with Crippen molar-refractivity contribution >= 4 is 17.0 Å². The predicted molar refractivity (Wildman–Crippen MR) is 50.0 cm³/mol. The van der Waals surface area contributed by atoms with Gasteiger partial charge in [0.05, 0.1) is 0 Å². The van der Waals surface area contributed by atoms with E-state index < -0.39 is 23.0 Å². The molecule has 14 heavy (non-hydrogen) atoms. The number of thiol groups is 1. The van der Waals surface area contributed by atoms with E-state index in [2.05, 4.69) is 4.28 Å². The van der Waals surface area contributed by atoms with Crippen LogP contribution < -0.4 is 0 Å². The van der Waals surface area contributed by atoms with E-state index >= 15 is 0 Å². The molecule has 0 spiro atoms. The molecule has 0 unspecified atom stereocenters. The van der Waals surface area contributed by atoms with Gasteiger partial charge in [-0.2, -0.15) is 9.35 Å². The van der Waals surface area contributed by atoms with Crippen molar-refractivity contribution in [3.05, 3.63) is 0 Å². The lowest BCUT2D eigenvalue weighted by Gasteiger charge is -2.22. The molecule has 0 aliphatic heterocycles. The second-order valence-electron chi connectivity index (χ2n) is 3.34. The fraction of sp³-hybridized carbons (Fsp3) is 0.857. The molecule has 0 aromatic heterocycles. The van der Waals surface area contributed by atoms with Crippen LogP contribution in [0.25, 0.3) is 0 Å². The van der Waals surface area contributed by atoms with Crippen LogP contribution in [0.2, 0.25) is 0 Å². The number of carboxylic acid groups (broad SMARTS) is 1. The van der Waals surface area contributed by atoms with E-state index in [1.165, 1.54) is 7.05 Å². The molecule has 0 amide bonds. The molecule has 0 fully saturated rings. The van der Waals surface area contributed by atoms with Crippen molar-refractivity contribution in [3.63, 3.8) is 0 Å². The zero-order valence-electron chi connectivity index (χ0n) is 8.34. The van der Waals surface area contributed by atoms with Crippen LogP contribution in [0.4, 0.5) is 0 Å². The summed E-state index contributed by atoms with van der Waals surface area (Å²) in [5, 5.41) is 9.63. The molecule has 1 N–H and O–H groups in total. The third kappa shape index (κ3) is 5.15. The van der Waals surface area contributed by atoms with Gasteiger partial charge in [0.2, 0.25) is 0 Å². The lowest BCUT2D eigenvalue weighted by atomic mass is 10.0. The Bertz CT molecular complexity index is 255. The zero-order chi connectivity index (χ0) is 11.3. The Morgan fingerprint density at radius 1 is 1.50 bits per heavy atom. The fourth-order valence-corrected chi connectivity index (χ4v) is 1.34. The van der Waals surface area contributed by atoms with Crippen LogP contribution in [0.1, 0.15) is 20.3 Å². The summed E-state index contributed by atoms with van der Waals surface area (Å²) in [4.78, 5) is 10.7. The minimum absolute atomic E-state index is 0.145. The number of hydroxylamine groups is 2. The van der Waals surface area contributed by atoms with Crippen LogP contribution in [0, 0.1) is 5.92 Å². The molecule has 1 atom stereocenters. The normalized spacial score (nSPS) is 13.9. The first-order valence-corrected chi connectivity index (χ1v) is 5.22. The Labute approximate surface area is 84.6 Å². The summed E-state index contributed by atoms with van der Waals surface area (Å²) in [6.45, 7) is 3.70. The van der Waals surface area contributed by atoms with E-state index in [-0.39, 0.29) is 5.92 Å². The lowest BCUT2D eigenvalue weighted by molar-refractivity contribution is -0.156. The van der Waals surface area contributed by atoms with Gasteiger partial charge >= 0.3 is 5.97 Å². The van der Waals surface area contributed by atoms with Gasteiger partial charge in [-0.1, -0.05) is 13.8 Å². The van der Waals surface area contributed by atoms with E-state index in [1.54, 1.807) is 0 Å². The number of aliphatic carboxylic acids is 1. The molecule has 7 heteroatoms. The van der Waals surface area contributed by atoms with Crippen LogP contribution in [0.3, 0.4) is 0 Å². The van der Waals surface area contributed by atoms with Crippen molar-refractivity contribution in [2.75, 3.05) is 7.05 Å². The summed E-state index contributed by atoms with van der Waals surface area (Å²) in [5.74, 6) is -0.954. The van der Waals surface area contributed by atoms with Crippen molar-refractivity contribution in [1.82, 2.24) is 5.06 Å². The molecule has 0 saturated heterocycles. The topological polar surface area (TPSA) is 83.9 Å². The smallest absolute Gasteiger partial charge is 0.323 e.